The predicted octanol–water partition coefficient (Wildman–Crippen LogP) is 3.15. The Hall–Kier alpha value is -0.730. The maximum atomic E-state index is 6.18. The Balaban J connectivity index is 2.20. The highest BCUT2D eigenvalue weighted by Crippen LogP contribution is 2.38. The predicted molar refractivity (Wildman–Crippen MR) is 62.3 cm³/mol. The number of halogens is 1. The van der Waals surface area contributed by atoms with Gasteiger partial charge in [-0.25, -0.2) is 0 Å². The normalized spacial score (nSPS) is 18.3. The second-order valence-corrected chi connectivity index (χ2v) is 4.52. The zero-order valence-corrected chi connectivity index (χ0v) is 9.63. The second kappa shape index (κ2) is 4.42. The van der Waals surface area contributed by atoms with Gasteiger partial charge in [0, 0.05) is 6.04 Å². The molecule has 0 heterocycles. The molecule has 0 spiro atoms. The molecule has 0 saturated heterocycles. The van der Waals surface area contributed by atoms with Gasteiger partial charge in [0.15, 0.2) is 0 Å². The summed E-state index contributed by atoms with van der Waals surface area (Å²) >= 11 is 5.96. The fourth-order valence-corrected chi connectivity index (χ4v) is 2.15. The van der Waals surface area contributed by atoms with E-state index in [1.807, 2.05) is 18.2 Å². The molecule has 2 nitrogen and oxygen atoms in total. The van der Waals surface area contributed by atoms with Crippen LogP contribution in [0.4, 0.5) is 0 Å². The van der Waals surface area contributed by atoms with Crippen molar-refractivity contribution in [1.29, 1.82) is 0 Å². The van der Waals surface area contributed by atoms with Crippen LogP contribution in [0, 0.1) is 5.92 Å². The Bertz CT molecular complexity index is 349. The fourth-order valence-electron chi connectivity index (χ4n) is 1.95. The Labute approximate surface area is 95.4 Å². The third-order valence-corrected chi connectivity index (χ3v) is 3.53. The molecular weight excluding hydrogens is 210 g/mol. The summed E-state index contributed by atoms with van der Waals surface area (Å²) in [6.45, 7) is 0. The zero-order valence-electron chi connectivity index (χ0n) is 8.87. The third kappa shape index (κ3) is 2.11. The second-order valence-electron chi connectivity index (χ2n) is 4.11. The van der Waals surface area contributed by atoms with E-state index in [0.29, 0.717) is 16.7 Å². The van der Waals surface area contributed by atoms with Crippen LogP contribution < -0.4 is 10.5 Å². The quantitative estimate of drug-likeness (QED) is 0.858. The SMILES string of the molecule is COc1cc([C@H](N)C2CCC2)ccc1Cl. The van der Waals surface area contributed by atoms with Gasteiger partial charge in [-0.2, -0.15) is 0 Å². The maximum absolute atomic E-state index is 6.18. The topological polar surface area (TPSA) is 35.2 Å². The molecule has 0 unspecified atom stereocenters. The van der Waals surface area contributed by atoms with Gasteiger partial charge in [0.25, 0.3) is 0 Å². The van der Waals surface area contributed by atoms with E-state index in [0.717, 1.165) is 5.56 Å². The van der Waals surface area contributed by atoms with E-state index in [1.54, 1.807) is 7.11 Å². The van der Waals surface area contributed by atoms with Crippen molar-refractivity contribution in [3.63, 3.8) is 0 Å². The van der Waals surface area contributed by atoms with Crippen LogP contribution in [0.2, 0.25) is 5.02 Å². The van der Waals surface area contributed by atoms with Gasteiger partial charge >= 0.3 is 0 Å². The highest BCUT2D eigenvalue weighted by Gasteiger charge is 2.25. The first-order chi connectivity index (χ1) is 7.22. The first-order valence-electron chi connectivity index (χ1n) is 5.31. The molecule has 2 N–H and O–H groups in total. The summed E-state index contributed by atoms with van der Waals surface area (Å²) in [6.07, 6.45) is 3.79. The summed E-state index contributed by atoms with van der Waals surface area (Å²) in [4.78, 5) is 0. The number of benzene rings is 1. The van der Waals surface area contributed by atoms with Crippen molar-refractivity contribution in [3.05, 3.63) is 28.8 Å². The van der Waals surface area contributed by atoms with E-state index in [2.05, 4.69) is 0 Å². The minimum atomic E-state index is 0.130. The van der Waals surface area contributed by atoms with Crippen LogP contribution in [0.25, 0.3) is 0 Å². The molecule has 1 aromatic carbocycles. The van der Waals surface area contributed by atoms with Crippen LogP contribution in [-0.4, -0.2) is 7.11 Å². The van der Waals surface area contributed by atoms with Crippen LogP contribution in [0.5, 0.6) is 5.75 Å². The molecule has 1 atom stereocenters. The molecule has 1 aliphatic rings. The monoisotopic (exact) mass is 225 g/mol. The molecule has 0 bridgehead atoms. The summed E-state index contributed by atoms with van der Waals surface area (Å²) in [6, 6.07) is 5.93. The molecule has 2 rings (SSSR count). The molecule has 1 aromatic rings. The molecular formula is C12H16ClNO. The van der Waals surface area contributed by atoms with E-state index >= 15 is 0 Å². The zero-order chi connectivity index (χ0) is 10.8. The van der Waals surface area contributed by atoms with Crippen LogP contribution in [0.15, 0.2) is 18.2 Å². The van der Waals surface area contributed by atoms with Crippen molar-refractivity contribution in [2.45, 2.75) is 25.3 Å². The van der Waals surface area contributed by atoms with E-state index in [4.69, 9.17) is 22.1 Å². The van der Waals surface area contributed by atoms with Crippen molar-refractivity contribution >= 4 is 11.6 Å². The molecule has 3 heteroatoms. The molecule has 15 heavy (non-hydrogen) atoms. The molecule has 1 saturated carbocycles. The Kier molecular flexibility index (Phi) is 3.17. The van der Waals surface area contributed by atoms with Gasteiger partial charge in [-0.1, -0.05) is 24.1 Å². The standard InChI is InChI=1S/C12H16ClNO/c1-15-11-7-9(5-6-10(11)13)12(14)8-3-2-4-8/h5-8,12H,2-4,14H2,1H3/t12-/m1/s1. The average Bonchev–Trinajstić information content (AvgIpc) is 2.15. The van der Waals surface area contributed by atoms with Crippen molar-refractivity contribution in [1.82, 2.24) is 0 Å². The molecule has 0 aliphatic heterocycles. The molecule has 0 amide bonds. The summed E-state index contributed by atoms with van der Waals surface area (Å²) in [5.41, 5.74) is 7.30. The van der Waals surface area contributed by atoms with E-state index in [-0.39, 0.29) is 6.04 Å². The highest BCUT2D eigenvalue weighted by molar-refractivity contribution is 6.32. The average molecular weight is 226 g/mol. The maximum Gasteiger partial charge on any atom is 0.137 e. The lowest BCUT2D eigenvalue weighted by Crippen LogP contribution is -2.26. The Morgan fingerprint density at radius 1 is 1.47 bits per heavy atom. The van der Waals surface area contributed by atoms with Crippen LogP contribution >= 0.6 is 11.6 Å². The number of nitrogens with two attached hydrogens (primary N) is 1. The highest BCUT2D eigenvalue weighted by atomic mass is 35.5. The van der Waals surface area contributed by atoms with Gasteiger partial charge < -0.3 is 10.5 Å². The van der Waals surface area contributed by atoms with E-state index in [1.165, 1.54) is 19.3 Å². The van der Waals surface area contributed by atoms with Crippen molar-refractivity contribution in [2.75, 3.05) is 7.11 Å². The number of hydrogen-bond acceptors (Lipinski definition) is 2. The lowest BCUT2D eigenvalue weighted by molar-refractivity contribution is 0.264. The van der Waals surface area contributed by atoms with Gasteiger partial charge in [-0.3, -0.25) is 0 Å². The molecule has 1 fully saturated rings. The van der Waals surface area contributed by atoms with Gasteiger partial charge in [-0.05, 0) is 36.5 Å². The van der Waals surface area contributed by atoms with Crippen LogP contribution in [0.1, 0.15) is 30.9 Å². The Morgan fingerprint density at radius 2 is 2.20 bits per heavy atom. The number of hydrogen-bond donors (Lipinski definition) is 1. The first-order valence-corrected chi connectivity index (χ1v) is 5.69. The number of rotatable bonds is 3. The van der Waals surface area contributed by atoms with Gasteiger partial charge in [0.05, 0.1) is 12.1 Å². The van der Waals surface area contributed by atoms with Crippen molar-refractivity contribution in [3.8, 4) is 5.75 Å². The minimum absolute atomic E-state index is 0.130. The van der Waals surface area contributed by atoms with Crippen LogP contribution in [-0.2, 0) is 0 Å². The third-order valence-electron chi connectivity index (χ3n) is 3.22. The summed E-state index contributed by atoms with van der Waals surface area (Å²) in [5.74, 6) is 1.35. The lowest BCUT2D eigenvalue weighted by atomic mass is 9.77. The van der Waals surface area contributed by atoms with E-state index < -0.39 is 0 Å². The lowest BCUT2D eigenvalue weighted by Gasteiger charge is -2.31. The Morgan fingerprint density at radius 3 is 2.73 bits per heavy atom. The fraction of sp³-hybridized carbons (Fsp3) is 0.500. The largest absolute Gasteiger partial charge is 0.495 e. The van der Waals surface area contributed by atoms with Crippen molar-refractivity contribution < 1.29 is 4.74 Å². The smallest absolute Gasteiger partial charge is 0.137 e. The summed E-state index contributed by atoms with van der Waals surface area (Å²) in [5, 5.41) is 0.641. The van der Waals surface area contributed by atoms with Crippen molar-refractivity contribution in [2.24, 2.45) is 11.7 Å². The number of methoxy groups -OCH3 is 1. The molecule has 82 valence electrons. The molecule has 0 aromatic heterocycles. The molecule has 1 aliphatic carbocycles. The van der Waals surface area contributed by atoms with Gasteiger partial charge in [0.1, 0.15) is 5.75 Å². The van der Waals surface area contributed by atoms with Crippen LogP contribution in [0.3, 0.4) is 0 Å². The van der Waals surface area contributed by atoms with E-state index in [9.17, 15) is 0 Å². The minimum Gasteiger partial charge on any atom is -0.495 e. The van der Waals surface area contributed by atoms with Gasteiger partial charge in [0.2, 0.25) is 0 Å². The summed E-state index contributed by atoms with van der Waals surface area (Å²) in [7, 11) is 1.62. The first kappa shape index (κ1) is 10.8. The number of ether oxygens (including phenoxy) is 1. The molecule has 0 radical (unpaired) electrons. The van der Waals surface area contributed by atoms with Gasteiger partial charge in [-0.15, -0.1) is 0 Å². The summed E-state index contributed by atoms with van der Waals surface area (Å²) < 4.78 is 5.18.